The van der Waals surface area contributed by atoms with Crippen molar-refractivity contribution >= 4 is 22.7 Å². The molecule has 1 saturated carbocycles. The summed E-state index contributed by atoms with van der Waals surface area (Å²) in [6.45, 7) is 0. The van der Waals surface area contributed by atoms with Gasteiger partial charge in [-0.15, -0.1) is 0 Å². The van der Waals surface area contributed by atoms with E-state index in [4.69, 9.17) is 0 Å². The van der Waals surface area contributed by atoms with Gasteiger partial charge in [-0.25, -0.2) is 0 Å². The second kappa shape index (κ2) is 7.24. The van der Waals surface area contributed by atoms with Gasteiger partial charge in [0.2, 0.25) is 0 Å². The average Bonchev–Trinajstić information content (AvgIpc) is 2.92. The molecule has 0 heterocycles. The molecule has 9 rings (SSSR count). The number of fused-ring (bicyclic) bond motifs is 1. The molecular weight excluding hydrogens is 440 g/mol. The predicted octanol–water partition coefficient (Wildman–Crippen LogP) is 6.52. The molecule has 2 heteroatoms. The highest BCUT2D eigenvalue weighted by Crippen LogP contribution is 2.66. The molecule has 2 bridgehead atoms. The standard InChI is InChI=1S/C34H24O2/c35-33-29-25(19-11-3-1-4-12-19)26(20-13-5-2-6-14-20)30(29)34(36)32-28-23-17-9-7-15-21(23)27(31(32)33)22-16-8-10-18-24(22)28/h1-18,27-32H/t27?,28?,29-,30+,31-,32+. The zero-order valence-corrected chi connectivity index (χ0v) is 19.7. The first kappa shape index (κ1) is 20.2. The van der Waals surface area contributed by atoms with Crippen molar-refractivity contribution in [1.82, 2.24) is 0 Å². The van der Waals surface area contributed by atoms with E-state index in [9.17, 15) is 9.59 Å². The van der Waals surface area contributed by atoms with Gasteiger partial charge in [-0.2, -0.15) is 0 Å². The van der Waals surface area contributed by atoms with Crippen LogP contribution < -0.4 is 0 Å². The van der Waals surface area contributed by atoms with Crippen LogP contribution in [0, 0.1) is 23.7 Å². The van der Waals surface area contributed by atoms with Gasteiger partial charge in [-0.3, -0.25) is 9.59 Å². The van der Waals surface area contributed by atoms with Crippen LogP contribution >= 0.6 is 0 Å². The van der Waals surface area contributed by atoms with E-state index in [1.807, 2.05) is 36.4 Å². The lowest BCUT2D eigenvalue weighted by molar-refractivity contribution is -0.146. The van der Waals surface area contributed by atoms with E-state index in [-0.39, 0.29) is 47.1 Å². The monoisotopic (exact) mass is 464 g/mol. The Hall–Kier alpha value is -4.04. The number of hydrogen-bond acceptors (Lipinski definition) is 2. The second-order valence-electron chi connectivity index (χ2n) is 10.6. The van der Waals surface area contributed by atoms with Crippen molar-refractivity contribution in [3.63, 3.8) is 0 Å². The first-order valence-corrected chi connectivity index (χ1v) is 12.9. The van der Waals surface area contributed by atoms with Crippen LogP contribution in [0.25, 0.3) is 11.1 Å². The molecule has 0 aromatic heterocycles. The zero-order chi connectivity index (χ0) is 24.0. The summed E-state index contributed by atoms with van der Waals surface area (Å²) in [5, 5.41) is 0. The lowest BCUT2D eigenvalue weighted by Crippen LogP contribution is -2.59. The molecule has 5 aliphatic carbocycles. The van der Waals surface area contributed by atoms with Gasteiger partial charge in [-0.05, 0) is 44.5 Å². The number of allylic oxidation sites excluding steroid dienone is 2. The topological polar surface area (TPSA) is 34.1 Å². The van der Waals surface area contributed by atoms with Gasteiger partial charge in [0.15, 0.2) is 0 Å². The Morgan fingerprint density at radius 3 is 1.00 bits per heavy atom. The van der Waals surface area contributed by atoms with Crippen molar-refractivity contribution < 1.29 is 9.59 Å². The van der Waals surface area contributed by atoms with Crippen molar-refractivity contribution in [2.75, 3.05) is 0 Å². The minimum Gasteiger partial charge on any atom is -0.299 e. The van der Waals surface area contributed by atoms with E-state index in [2.05, 4.69) is 72.8 Å². The van der Waals surface area contributed by atoms with Gasteiger partial charge in [-0.1, -0.05) is 109 Å². The Bertz CT molecular complexity index is 1430. The quantitative estimate of drug-likeness (QED) is 0.339. The van der Waals surface area contributed by atoms with Crippen LogP contribution in [0.15, 0.2) is 109 Å². The van der Waals surface area contributed by atoms with Crippen LogP contribution in [0.2, 0.25) is 0 Å². The lowest BCUT2D eigenvalue weighted by atomic mass is 9.43. The molecule has 0 radical (unpaired) electrons. The first-order chi connectivity index (χ1) is 17.8. The first-order valence-electron chi connectivity index (χ1n) is 12.9. The zero-order valence-electron chi connectivity index (χ0n) is 19.7. The third-order valence-corrected chi connectivity index (χ3v) is 9.12. The van der Waals surface area contributed by atoms with Crippen molar-refractivity contribution in [3.8, 4) is 0 Å². The third kappa shape index (κ3) is 2.42. The van der Waals surface area contributed by atoms with E-state index in [0.717, 1.165) is 22.3 Å². The summed E-state index contributed by atoms with van der Waals surface area (Å²) in [4.78, 5) is 29.1. The fourth-order valence-electron chi connectivity index (χ4n) is 7.87. The number of benzene rings is 4. The van der Waals surface area contributed by atoms with Crippen molar-refractivity contribution in [1.29, 1.82) is 0 Å². The maximum atomic E-state index is 14.6. The summed E-state index contributed by atoms with van der Waals surface area (Å²) >= 11 is 0. The third-order valence-electron chi connectivity index (χ3n) is 9.12. The minimum atomic E-state index is -0.366. The number of Topliss-reactive ketones (excluding diaryl/α,β-unsaturated/α-hetero) is 2. The van der Waals surface area contributed by atoms with E-state index < -0.39 is 0 Å². The summed E-state index contributed by atoms with van der Waals surface area (Å²) in [6.07, 6.45) is 0. The molecule has 0 spiro atoms. The number of hydrogen-bond donors (Lipinski definition) is 0. The van der Waals surface area contributed by atoms with Gasteiger partial charge in [0, 0.05) is 23.7 Å². The molecule has 4 aromatic rings. The summed E-state index contributed by atoms with van der Waals surface area (Å²) in [7, 11) is 0. The van der Waals surface area contributed by atoms with Crippen LogP contribution in [-0.2, 0) is 9.59 Å². The number of carbonyl (C=O) groups excluding carboxylic acids is 2. The van der Waals surface area contributed by atoms with Crippen LogP contribution in [0.4, 0.5) is 0 Å². The lowest BCUT2D eigenvalue weighted by Gasteiger charge is -2.57. The van der Waals surface area contributed by atoms with Gasteiger partial charge in [0.1, 0.15) is 11.6 Å². The highest BCUT2D eigenvalue weighted by Gasteiger charge is 2.65. The maximum absolute atomic E-state index is 14.6. The molecule has 0 aliphatic heterocycles. The van der Waals surface area contributed by atoms with Crippen LogP contribution in [0.5, 0.6) is 0 Å². The molecule has 172 valence electrons. The fraction of sp³-hybridized carbons (Fsp3) is 0.176. The van der Waals surface area contributed by atoms with Crippen LogP contribution in [0.3, 0.4) is 0 Å². The molecule has 4 atom stereocenters. The van der Waals surface area contributed by atoms with Crippen LogP contribution in [0.1, 0.15) is 45.2 Å². The largest absolute Gasteiger partial charge is 0.299 e. The Balaban J connectivity index is 1.36. The normalized spacial score (nSPS) is 29.1. The summed E-state index contributed by atoms with van der Waals surface area (Å²) < 4.78 is 0. The molecule has 1 fully saturated rings. The molecule has 36 heavy (non-hydrogen) atoms. The second-order valence-corrected chi connectivity index (χ2v) is 10.6. The fourth-order valence-corrected chi connectivity index (χ4v) is 7.87. The Labute approximate surface area is 210 Å². The van der Waals surface area contributed by atoms with E-state index in [0.29, 0.717) is 0 Å². The van der Waals surface area contributed by atoms with Gasteiger partial charge in [0.05, 0.1) is 11.8 Å². The molecule has 0 N–H and O–H groups in total. The summed E-state index contributed by atoms with van der Waals surface area (Å²) in [6, 6.07) is 37.4. The van der Waals surface area contributed by atoms with Crippen molar-refractivity contribution in [3.05, 3.63) is 143 Å². The average molecular weight is 465 g/mol. The van der Waals surface area contributed by atoms with Gasteiger partial charge >= 0.3 is 0 Å². The molecular formula is C34H24O2. The summed E-state index contributed by atoms with van der Waals surface area (Å²) in [5.41, 5.74) is 9.13. The molecule has 5 aliphatic rings. The SMILES string of the molecule is O=C1[C@@H]2C(c3ccccc3)=C(c3ccccc3)[C@@H]2C(=O)[C@H]2C3c4ccccc4C(c4ccccc43)[C@@H]12. The molecule has 2 nitrogen and oxygen atoms in total. The predicted molar refractivity (Wildman–Crippen MR) is 140 cm³/mol. The minimum absolute atomic E-state index is 0.0531. The van der Waals surface area contributed by atoms with E-state index in [1.165, 1.54) is 22.3 Å². The smallest absolute Gasteiger partial charge is 0.146 e. The van der Waals surface area contributed by atoms with E-state index >= 15 is 0 Å². The molecule has 0 saturated heterocycles. The summed E-state index contributed by atoms with van der Waals surface area (Å²) in [5.74, 6) is -0.936. The Morgan fingerprint density at radius 1 is 0.361 bits per heavy atom. The maximum Gasteiger partial charge on any atom is 0.146 e. The van der Waals surface area contributed by atoms with E-state index in [1.54, 1.807) is 0 Å². The van der Waals surface area contributed by atoms with Crippen molar-refractivity contribution in [2.24, 2.45) is 23.7 Å². The Morgan fingerprint density at radius 2 is 0.667 bits per heavy atom. The molecule has 0 amide bonds. The highest BCUT2D eigenvalue weighted by molar-refractivity contribution is 6.22. The van der Waals surface area contributed by atoms with Gasteiger partial charge in [0.25, 0.3) is 0 Å². The number of ketones is 2. The number of carbonyl (C=O) groups is 2. The van der Waals surface area contributed by atoms with Crippen LogP contribution in [-0.4, -0.2) is 11.6 Å². The Kier molecular flexibility index (Phi) is 4.06. The number of rotatable bonds is 2. The highest BCUT2D eigenvalue weighted by atomic mass is 16.1. The van der Waals surface area contributed by atoms with Crippen molar-refractivity contribution in [2.45, 2.75) is 11.8 Å². The molecule has 0 unspecified atom stereocenters. The molecule has 4 aromatic carbocycles. The van der Waals surface area contributed by atoms with Gasteiger partial charge < -0.3 is 0 Å².